The van der Waals surface area contributed by atoms with E-state index in [0.29, 0.717) is 6.04 Å². The van der Waals surface area contributed by atoms with Crippen LogP contribution in [0.3, 0.4) is 0 Å². The molecule has 0 unspecified atom stereocenters. The smallest absolute Gasteiger partial charge is 0.0807 e. The summed E-state index contributed by atoms with van der Waals surface area (Å²) in [5.74, 6) is 0. The molecule has 0 bridgehead atoms. The Morgan fingerprint density at radius 1 is 0.952 bits per heavy atom. The second-order valence-electron chi connectivity index (χ2n) is 5.69. The first kappa shape index (κ1) is 15.6. The highest BCUT2D eigenvalue weighted by atomic mass is 16.3. The van der Waals surface area contributed by atoms with Crippen molar-refractivity contribution in [2.45, 2.75) is 45.9 Å². The molecule has 0 spiro atoms. The van der Waals surface area contributed by atoms with Crippen molar-refractivity contribution in [2.75, 3.05) is 4.90 Å². The van der Waals surface area contributed by atoms with Crippen LogP contribution in [0.4, 0.5) is 5.69 Å². The molecule has 1 atom stereocenters. The summed E-state index contributed by atoms with van der Waals surface area (Å²) in [5.41, 5.74) is 3.43. The Kier molecular flexibility index (Phi) is 5.40. The van der Waals surface area contributed by atoms with Crippen LogP contribution in [-0.2, 0) is 6.54 Å². The zero-order valence-corrected chi connectivity index (χ0v) is 13.2. The summed E-state index contributed by atoms with van der Waals surface area (Å²) in [6.07, 6.45) is 0.326. The average molecular weight is 283 g/mol. The Morgan fingerprint density at radius 3 is 2.19 bits per heavy atom. The lowest BCUT2D eigenvalue weighted by atomic mass is 10.0. The van der Waals surface area contributed by atoms with E-state index in [2.05, 4.69) is 49.1 Å². The number of rotatable bonds is 6. The molecule has 1 N–H and O–H groups in total. The molecule has 2 aromatic carbocycles. The molecule has 2 nitrogen and oxygen atoms in total. The number of hydrogen-bond donors (Lipinski definition) is 1. The van der Waals surface area contributed by atoms with Crippen LogP contribution in [0.2, 0.25) is 0 Å². The van der Waals surface area contributed by atoms with Gasteiger partial charge in [-0.3, -0.25) is 0 Å². The molecule has 0 fully saturated rings. The molecule has 0 aromatic heterocycles. The SMILES string of the molecule is CC[C@@H](O)c1ccccc1N(Cc1ccccc1)C(C)C. The molecule has 2 rings (SSSR count). The zero-order valence-electron chi connectivity index (χ0n) is 13.2. The molecule has 0 aliphatic rings. The molecule has 0 heterocycles. The first-order valence-corrected chi connectivity index (χ1v) is 7.71. The van der Waals surface area contributed by atoms with Gasteiger partial charge >= 0.3 is 0 Å². The monoisotopic (exact) mass is 283 g/mol. The maximum atomic E-state index is 10.3. The quantitative estimate of drug-likeness (QED) is 0.841. The Bertz CT molecular complexity index is 551. The van der Waals surface area contributed by atoms with Gasteiger partial charge in [-0.2, -0.15) is 0 Å². The summed E-state index contributed by atoms with van der Waals surface area (Å²) < 4.78 is 0. The van der Waals surface area contributed by atoms with E-state index in [4.69, 9.17) is 0 Å². The number of anilines is 1. The molecule has 2 aromatic rings. The molecular weight excluding hydrogens is 258 g/mol. The lowest BCUT2D eigenvalue weighted by Gasteiger charge is -2.32. The van der Waals surface area contributed by atoms with Crippen LogP contribution in [0, 0.1) is 0 Å². The molecule has 0 saturated heterocycles. The summed E-state index contributed by atoms with van der Waals surface area (Å²) >= 11 is 0. The van der Waals surface area contributed by atoms with Crippen LogP contribution in [0.1, 0.15) is 44.4 Å². The summed E-state index contributed by atoms with van der Waals surface area (Å²) in [6, 6.07) is 19.0. The number of aliphatic hydroxyl groups is 1. The van der Waals surface area contributed by atoms with E-state index in [-0.39, 0.29) is 0 Å². The fraction of sp³-hybridized carbons (Fsp3) is 0.368. The van der Waals surface area contributed by atoms with Crippen molar-refractivity contribution in [2.24, 2.45) is 0 Å². The third kappa shape index (κ3) is 3.85. The van der Waals surface area contributed by atoms with Crippen molar-refractivity contribution in [3.05, 3.63) is 65.7 Å². The van der Waals surface area contributed by atoms with Gasteiger partial charge in [0.05, 0.1) is 6.10 Å². The summed E-state index contributed by atoms with van der Waals surface area (Å²) in [7, 11) is 0. The van der Waals surface area contributed by atoms with Gasteiger partial charge < -0.3 is 10.0 Å². The van der Waals surface area contributed by atoms with E-state index in [1.165, 1.54) is 5.56 Å². The van der Waals surface area contributed by atoms with Gasteiger partial charge in [0.1, 0.15) is 0 Å². The van der Waals surface area contributed by atoms with Crippen LogP contribution in [-0.4, -0.2) is 11.1 Å². The van der Waals surface area contributed by atoms with Gasteiger partial charge in [0, 0.05) is 23.8 Å². The minimum atomic E-state index is -0.404. The molecule has 0 amide bonds. The van der Waals surface area contributed by atoms with Crippen LogP contribution in [0.5, 0.6) is 0 Å². The maximum Gasteiger partial charge on any atom is 0.0807 e. The third-order valence-corrected chi connectivity index (χ3v) is 3.81. The van der Waals surface area contributed by atoms with Crippen LogP contribution < -0.4 is 4.90 Å². The van der Waals surface area contributed by atoms with Crippen molar-refractivity contribution >= 4 is 5.69 Å². The minimum Gasteiger partial charge on any atom is -0.388 e. The zero-order chi connectivity index (χ0) is 15.2. The first-order valence-electron chi connectivity index (χ1n) is 7.71. The number of benzene rings is 2. The standard InChI is InChI=1S/C19H25NO/c1-4-19(21)17-12-8-9-13-18(17)20(15(2)3)14-16-10-6-5-7-11-16/h5-13,15,19,21H,4,14H2,1-3H3/t19-/m1/s1. The van der Waals surface area contributed by atoms with Gasteiger partial charge in [0.2, 0.25) is 0 Å². The van der Waals surface area contributed by atoms with Crippen LogP contribution >= 0.6 is 0 Å². The summed E-state index contributed by atoms with van der Waals surface area (Å²) in [5, 5.41) is 10.3. The lowest BCUT2D eigenvalue weighted by molar-refractivity contribution is 0.174. The summed E-state index contributed by atoms with van der Waals surface area (Å²) in [4.78, 5) is 2.35. The molecule has 2 heteroatoms. The molecule has 112 valence electrons. The number of para-hydroxylation sites is 1. The average Bonchev–Trinajstić information content (AvgIpc) is 2.52. The van der Waals surface area contributed by atoms with Gasteiger partial charge in [0.15, 0.2) is 0 Å². The van der Waals surface area contributed by atoms with Gasteiger partial charge in [-0.05, 0) is 31.9 Å². The maximum absolute atomic E-state index is 10.3. The van der Waals surface area contributed by atoms with Gasteiger partial charge in [-0.25, -0.2) is 0 Å². The topological polar surface area (TPSA) is 23.5 Å². The van der Waals surface area contributed by atoms with E-state index in [1.807, 2.05) is 31.2 Å². The lowest BCUT2D eigenvalue weighted by Crippen LogP contribution is -2.31. The van der Waals surface area contributed by atoms with E-state index in [0.717, 1.165) is 24.2 Å². The molecular formula is C19H25NO. The second kappa shape index (κ2) is 7.28. The third-order valence-electron chi connectivity index (χ3n) is 3.81. The van der Waals surface area contributed by atoms with Gasteiger partial charge in [-0.15, -0.1) is 0 Å². The fourth-order valence-electron chi connectivity index (χ4n) is 2.58. The Balaban J connectivity index is 2.35. The number of aliphatic hydroxyl groups excluding tert-OH is 1. The normalized spacial score (nSPS) is 12.4. The van der Waals surface area contributed by atoms with Crippen molar-refractivity contribution < 1.29 is 5.11 Å². The van der Waals surface area contributed by atoms with Crippen molar-refractivity contribution in [3.8, 4) is 0 Å². The number of hydrogen-bond acceptors (Lipinski definition) is 2. The van der Waals surface area contributed by atoms with Crippen LogP contribution in [0.15, 0.2) is 54.6 Å². The number of nitrogens with zero attached hydrogens (tertiary/aromatic N) is 1. The van der Waals surface area contributed by atoms with Crippen LogP contribution in [0.25, 0.3) is 0 Å². The highest BCUT2D eigenvalue weighted by molar-refractivity contribution is 5.55. The molecule has 21 heavy (non-hydrogen) atoms. The first-order chi connectivity index (χ1) is 10.1. The van der Waals surface area contributed by atoms with Crippen molar-refractivity contribution in [1.29, 1.82) is 0 Å². The molecule has 0 saturated carbocycles. The Labute approximate surface area is 128 Å². The predicted molar refractivity (Wildman–Crippen MR) is 89.5 cm³/mol. The van der Waals surface area contributed by atoms with Gasteiger partial charge in [0.25, 0.3) is 0 Å². The van der Waals surface area contributed by atoms with E-state index in [9.17, 15) is 5.11 Å². The largest absolute Gasteiger partial charge is 0.388 e. The predicted octanol–water partition coefficient (Wildman–Crippen LogP) is 4.55. The van der Waals surface area contributed by atoms with E-state index < -0.39 is 6.10 Å². The van der Waals surface area contributed by atoms with Gasteiger partial charge in [-0.1, -0.05) is 55.5 Å². The highest BCUT2D eigenvalue weighted by Gasteiger charge is 2.18. The highest BCUT2D eigenvalue weighted by Crippen LogP contribution is 2.30. The van der Waals surface area contributed by atoms with Crippen molar-refractivity contribution in [3.63, 3.8) is 0 Å². The molecule has 0 aliphatic carbocycles. The van der Waals surface area contributed by atoms with Crippen molar-refractivity contribution in [1.82, 2.24) is 0 Å². The minimum absolute atomic E-state index is 0.371. The molecule has 0 radical (unpaired) electrons. The van der Waals surface area contributed by atoms with E-state index >= 15 is 0 Å². The Hall–Kier alpha value is -1.80. The fourth-order valence-corrected chi connectivity index (χ4v) is 2.58. The second-order valence-corrected chi connectivity index (χ2v) is 5.69. The Morgan fingerprint density at radius 2 is 1.57 bits per heavy atom. The summed E-state index contributed by atoms with van der Waals surface area (Å²) in [6.45, 7) is 7.25. The molecule has 0 aliphatic heterocycles. The van der Waals surface area contributed by atoms with E-state index in [1.54, 1.807) is 0 Å².